The molecule has 0 aliphatic carbocycles. The third kappa shape index (κ3) is 3.25. The first-order chi connectivity index (χ1) is 8.79. The quantitative estimate of drug-likeness (QED) is 0.654. The molecule has 0 aromatic heterocycles. The molecule has 0 bridgehead atoms. The lowest BCUT2D eigenvalue weighted by Gasteiger charge is -2.03. The van der Waals surface area contributed by atoms with Crippen LogP contribution in [0.5, 0.6) is 0 Å². The van der Waals surface area contributed by atoms with E-state index in [0.717, 1.165) is 18.4 Å². The number of hydrogen-bond acceptors (Lipinski definition) is 0. The molecule has 2 aromatic carbocycles. The van der Waals surface area contributed by atoms with E-state index in [-0.39, 0.29) is 0 Å². The lowest BCUT2D eigenvalue weighted by Crippen LogP contribution is -1.81. The third-order valence-electron chi connectivity index (χ3n) is 2.82. The summed E-state index contributed by atoms with van der Waals surface area (Å²) < 4.78 is 0. The van der Waals surface area contributed by atoms with E-state index in [9.17, 15) is 0 Å². The van der Waals surface area contributed by atoms with Crippen LogP contribution in [0.4, 0.5) is 0 Å². The molecule has 0 unspecified atom stereocenters. The Morgan fingerprint density at radius 3 is 2.39 bits per heavy atom. The SMILES string of the molecule is CCCC#Cc1cccc(-c2cccc(C)c2)c1. The second-order valence-corrected chi connectivity index (χ2v) is 4.50. The summed E-state index contributed by atoms with van der Waals surface area (Å²) in [6, 6.07) is 17.0. The van der Waals surface area contributed by atoms with Crippen LogP contribution in [-0.4, -0.2) is 0 Å². The molecular formula is C18H18. The summed E-state index contributed by atoms with van der Waals surface area (Å²) in [5.74, 6) is 6.41. The Labute approximate surface area is 110 Å². The minimum absolute atomic E-state index is 0.967. The van der Waals surface area contributed by atoms with Gasteiger partial charge in [-0.3, -0.25) is 0 Å². The van der Waals surface area contributed by atoms with Crippen LogP contribution in [0.3, 0.4) is 0 Å². The molecule has 0 amide bonds. The molecule has 0 aliphatic heterocycles. The number of hydrogen-bond donors (Lipinski definition) is 0. The minimum atomic E-state index is 0.967. The molecule has 0 heterocycles. The van der Waals surface area contributed by atoms with E-state index in [1.54, 1.807) is 0 Å². The average Bonchev–Trinajstić information content (AvgIpc) is 2.39. The van der Waals surface area contributed by atoms with E-state index >= 15 is 0 Å². The first kappa shape index (κ1) is 12.5. The third-order valence-corrected chi connectivity index (χ3v) is 2.82. The summed E-state index contributed by atoms with van der Waals surface area (Å²) in [6.07, 6.45) is 2.08. The van der Waals surface area contributed by atoms with Crippen LogP contribution in [0.25, 0.3) is 11.1 Å². The zero-order valence-corrected chi connectivity index (χ0v) is 11.0. The van der Waals surface area contributed by atoms with Crippen molar-refractivity contribution in [1.82, 2.24) is 0 Å². The Kier molecular flexibility index (Phi) is 4.20. The van der Waals surface area contributed by atoms with E-state index in [2.05, 4.69) is 74.2 Å². The highest BCUT2D eigenvalue weighted by molar-refractivity contribution is 5.66. The number of aryl methyl sites for hydroxylation is 1. The van der Waals surface area contributed by atoms with Gasteiger partial charge in [0.15, 0.2) is 0 Å². The van der Waals surface area contributed by atoms with Crippen LogP contribution < -0.4 is 0 Å². The Morgan fingerprint density at radius 1 is 0.944 bits per heavy atom. The molecule has 2 aromatic rings. The summed E-state index contributed by atoms with van der Waals surface area (Å²) in [5, 5.41) is 0. The van der Waals surface area contributed by atoms with Gasteiger partial charge >= 0.3 is 0 Å². The zero-order chi connectivity index (χ0) is 12.8. The van der Waals surface area contributed by atoms with Crippen molar-refractivity contribution in [2.45, 2.75) is 26.7 Å². The Bertz CT molecular complexity index is 582. The molecule has 0 saturated carbocycles. The van der Waals surface area contributed by atoms with E-state index < -0.39 is 0 Å². The highest BCUT2D eigenvalue weighted by Gasteiger charge is 1.98. The molecule has 90 valence electrons. The molecule has 0 radical (unpaired) electrons. The van der Waals surface area contributed by atoms with Crippen LogP contribution >= 0.6 is 0 Å². The lowest BCUT2D eigenvalue weighted by atomic mass is 10.0. The van der Waals surface area contributed by atoms with Gasteiger partial charge < -0.3 is 0 Å². The van der Waals surface area contributed by atoms with Gasteiger partial charge in [0.2, 0.25) is 0 Å². The molecule has 0 N–H and O–H groups in total. The van der Waals surface area contributed by atoms with E-state index in [0.29, 0.717) is 0 Å². The van der Waals surface area contributed by atoms with Crippen molar-refractivity contribution in [3.05, 3.63) is 59.7 Å². The predicted octanol–water partition coefficient (Wildman–Crippen LogP) is 4.81. The van der Waals surface area contributed by atoms with Crippen LogP contribution in [0.2, 0.25) is 0 Å². The summed E-state index contributed by atoms with van der Waals surface area (Å²) in [7, 11) is 0. The maximum absolute atomic E-state index is 3.22. The number of rotatable bonds is 2. The molecule has 0 aliphatic rings. The smallest absolute Gasteiger partial charge is 0.0251 e. The fraction of sp³-hybridized carbons (Fsp3) is 0.222. The van der Waals surface area contributed by atoms with Gasteiger partial charge in [0.25, 0.3) is 0 Å². The van der Waals surface area contributed by atoms with Gasteiger partial charge in [0.1, 0.15) is 0 Å². The standard InChI is InChI=1S/C18H18/c1-3-4-5-9-16-10-7-12-18(14-16)17-11-6-8-15(2)13-17/h6-8,10-14H,3-4H2,1-2H3. The number of benzene rings is 2. The first-order valence-corrected chi connectivity index (χ1v) is 6.45. The largest absolute Gasteiger partial charge is 0.0979 e. The van der Waals surface area contributed by atoms with Crippen molar-refractivity contribution in [2.24, 2.45) is 0 Å². The molecule has 0 atom stereocenters. The van der Waals surface area contributed by atoms with Gasteiger partial charge in [0.05, 0.1) is 0 Å². The fourth-order valence-corrected chi connectivity index (χ4v) is 1.89. The van der Waals surface area contributed by atoms with Crippen molar-refractivity contribution in [3.8, 4) is 23.0 Å². The highest BCUT2D eigenvalue weighted by Crippen LogP contribution is 2.21. The monoisotopic (exact) mass is 234 g/mol. The van der Waals surface area contributed by atoms with E-state index in [1.807, 2.05) is 0 Å². The van der Waals surface area contributed by atoms with E-state index in [4.69, 9.17) is 0 Å². The van der Waals surface area contributed by atoms with Crippen molar-refractivity contribution < 1.29 is 0 Å². The van der Waals surface area contributed by atoms with Gasteiger partial charge in [-0.05, 0) is 36.6 Å². The fourth-order valence-electron chi connectivity index (χ4n) is 1.89. The van der Waals surface area contributed by atoms with Crippen LogP contribution in [-0.2, 0) is 0 Å². The predicted molar refractivity (Wildman–Crippen MR) is 78.4 cm³/mol. The Hall–Kier alpha value is -2.00. The molecule has 18 heavy (non-hydrogen) atoms. The van der Waals surface area contributed by atoms with Gasteiger partial charge in [-0.25, -0.2) is 0 Å². The van der Waals surface area contributed by atoms with Crippen molar-refractivity contribution >= 4 is 0 Å². The second-order valence-electron chi connectivity index (χ2n) is 4.50. The molecule has 2 rings (SSSR count). The molecule has 0 nitrogen and oxygen atoms in total. The molecule has 0 spiro atoms. The topological polar surface area (TPSA) is 0 Å². The normalized spacial score (nSPS) is 9.67. The van der Waals surface area contributed by atoms with Gasteiger partial charge in [-0.1, -0.05) is 60.7 Å². The maximum atomic E-state index is 3.22. The second kappa shape index (κ2) is 6.07. The van der Waals surface area contributed by atoms with Crippen LogP contribution in [0.1, 0.15) is 30.9 Å². The average molecular weight is 234 g/mol. The molecular weight excluding hydrogens is 216 g/mol. The van der Waals surface area contributed by atoms with Crippen molar-refractivity contribution in [1.29, 1.82) is 0 Å². The summed E-state index contributed by atoms with van der Waals surface area (Å²) in [5.41, 5.74) is 4.88. The van der Waals surface area contributed by atoms with Crippen LogP contribution in [0.15, 0.2) is 48.5 Å². The highest BCUT2D eigenvalue weighted by atomic mass is 14.0. The molecule has 0 fully saturated rings. The summed E-state index contributed by atoms with van der Waals surface area (Å²) >= 11 is 0. The van der Waals surface area contributed by atoms with Gasteiger partial charge in [0, 0.05) is 12.0 Å². The molecule has 0 heteroatoms. The van der Waals surface area contributed by atoms with Gasteiger partial charge in [-0.2, -0.15) is 0 Å². The summed E-state index contributed by atoms with van der Waals surface area (Å²) in [6.45, 7) is 4.27. The van der Waals surface area contributed by atoms with Crippen molar-refractivity contribution in [2.75, 3.05) is 0 Å². The first-order valence-electron chi connectivity index (χ1n) is 6.45. The lowest BCUT2D eigenvalue weighted by molar-refractivity contribution is 0.983. The van der Waals surface area contributed by atoms with Gasteiger partial charge in [-0.15, -0.1) is 0 Å². The Morgan fingerprint density at radius 2 is 1.67 bits per heavy atom. The molecule has 0 saturated heterocycles. The summed E-state index contributed by atoms with van der Waals surface area (Å²) in [4.78, 5) is 0. The number of unbranched alkanes of at least 4 members (excludes halogenated alkanes) is 1. The van der Waals surface area contributed by atoms with E-state index in [1.165, 1.54) is 16.7 Å². The van der Waals surface area contributed by atoms with Crippen LogP contribution in [0, 0.1) is 18.8 Å². The maximum Gasteiger partial charge on any atom is 0.0251 e. The van der Waals surface area contributed by atoms with Crippen molar-refractivity contribution in [3.63, 3.8) is 0 Å². The zero-order valence-electron chi connectivity index (χ0n) is 11.0. The Balaban J connectivity index is 2.30. The minimum Gasteiger partial charge on any atom is -0.0979 e.